The molecule has 4 N–H and O–H groups in total. The molecule has 1 rings (SSSR count). The monoisotopic (exact) mass is 204 g/mol. The summed E-state index contributed by atoms with van der Waals surface area (Å²) >= 11 is 0. The van der Waals surface area contributed by atoms with E-state index in [0.717, 1.165) is 12.1 Å². The third kappa shape index (κ3) is 2.43. The lowest BCUT2D eigenvalue weighted by molar-refractivity contribution is 0.0696. The number of rotatable bonds is 2. The molecule has 0 saturated heterocycles. The highest BCUT2D eigenvalue weighted by molar-refractivity contribution is 8.19. The number of carboxylic acid groups (broad SMARTS) is 1. The highest BCUT2D eigenvalue weighted by atomic mass is 32.3. The fraction of sp³-hybridized carbons (Fsp3) is 0. The van der Waals surface area contributed by atoms with E-state index in [4.69, 9.17) is 18.8 Å². The van der Waals surface area contributed by atoms with E-state index in [-0.39, 0.29) is 10.5 Å². The average molecular weight is 204 g/mol. The Bertz CT molecular complexity index is 313. The Morgan fingerprint density at radius 3 is 1.85 bits per heavy atom. The SMILES string of the molecule is O=C(O)c1ccc(S(O)(O)O)cc1. The van der Waals surface area contributed by atoms with Gasteiger partial charge in [-0.15, -0.1) is 0 Å². The average Bonchev–Trinajstić information content (AvgIpc) is 2.03. The second-order valence-electron chi connectivity index (χ2n) is 2.35. The maximum Gasteiger partial charge on any atom is 0.335 e. The Hall–Kier alpha value is -1.08. The van der Waals surface area contributed by atoms with Gasteiger partial charge in [0.15, 0.2) is 0 Å². The first-order valence-electron chi connectivity index (χ1n) is 3.25. The molecule has 0 spiro atoms. The van der Waals surface area contributed by atoms with Gasteiger partial charge >= 0.3 is 5.97 Å². The largest absolute Gasteiger partial charge is 0.478 e. The first kappa shape index (κ1) is 10.0. The van der Waals surface area contributed by atoms with Crippen molar-refractivity contribution >= 4 is 16.8 Å². The van der Waals surface area contributed by atoms with Crippen LogP contribution in [0.1, 0.15) is 10.4 Å². The molecule has 1 aromatic carbocycles. The third-order valence-corrected chi connectivity index (χ3v) is 2.32. The van der Waals surface area contributed by atoms with Crippen molar-refractivity contribution in [2.45, 2.75) is 4.90 Å². The summed E-state index contributed by atoms with van der Waals surface area (Å²) in [5, 5.41) is 8.50. The van der Waals surface area contributed by atoms with Gasteiger partial charge in [-0.25, -0.2) is 4.79 Å². The minimum Gasteiger partial charge on any atom is -0.478 e. The van der Waals surface area contributed by atoms with Crippen LogP contribution in [0.15, 0.2) is 29.2 Å². The summed E-state index contributed by atoms with van der Waals surface area (Å²) in [6, 6.07) is 4.67. The molecule has 0 saturated carbocycles. The van der Waals surface area contributed by atoms with E-state index in [1.165, 1.54) is 12.1 Å². The number of carboxylic acids is 1. The van der Waals surface area contributed by atoms with Crippen LogP contribution >= 0.6 is 10.9 Å². The molecule has 13 heavy (non-hydrogen) atoms. The Labute approximate surface area is 75.8 Å². The molecule has 0 amide bonds. The zero-order valence-corrected chi connectivity index (χ0v) is 7.23. The number of aromatic carboxylic acids is 1. The molecule has 1 aromatic rings. The molecular formula is C7H8O5S. The molecule has 0 aliphatic heterocycles. The summed E-state index contributed by atoms with van der Waals surface area (Å²) in [5.41, 5.74) is 0.0207. The molecule has 0 aromatic heterocycles. The Balaban J connectivity index is 3.01. The first-order chi connectivity index (χ1) is 5.91. The molecule has 0 fully saturated rings. The first-order valence-corrected chi connectivity index (χ1v) is 4.75. The Morgan fingerprint density at radius 1 is 1.08 bits per heavy atom. The molecule has 5 nitrogen and oxygen atoms in total. The van der Waals surface area contributed by atoms with Crippen molar-refractivity contribution < 1.29 is 23.6 Å². The standard InChI is InChI=1S/C7H8O5S/c8-7(9)5-1-3-6(4-2-5)13(10,11)12/h1-4,10-12H,(H,8,9). The van der Waals surface area contributed by atoms with Crippen LogP contribution in [0.4, 0.5) is 0 Å². The maximum atomic E-state index is 10.4. The van der Waals surface area contributed by atoms with Gasteiger partial charge in [-0.2, -0.15) is 0 Å². The molecule has 0 unspecified atom stereocenters. The summed E-state index contributed by atoms with van der Waals surface area (Å²) in [6.45, 7) is 0. The van der Waals surface area contributed by atoms with E-state index >= 15 is 0 Å². The van der Waals surface area contributed by atoms with Crippen LogP contribution < -0.4 is 0 Å². The molecule has 0 bridgehead atoms. The van der Waals surface area contributed by atoms with Crippen LogP contribution in [-0.2, 0) is 0 Å². The summed E-state index contributed by atoms with van der Waals surface area (Å²) < 4.78 is 26.3. The van der Waals surface area contributed by atoms with Crippen molar-refractivity contribution in [3.8, 4) is 0 Å². The smallest absolute Gasteiger partial charge is 0.335 e. The van der Waals surface area contributed by atoms with E-state index in [1.807, 2.05) is 0 Å². The van der Waals surface area contributed by atoms with E-state index in [0.29, 0.717) is 0 Å². The normalized spacial score (nSPS) is 12.5. The van der Waals surface area contributed by atoms with Gasteiger partial charge in [0.2, 0.25) is 0 Å². The van der Waals surface area contributed by atoms with Gasteiger partial charge in [0, 0.05) is 0 Å². The van der Waals surface area contributed by atoms with Crippen molar-refractivity contribution in [3.05, 3.63) is 29.8 Å². The highest BCUT2D eigenvalue weighted by Gasteiger charge is 2.15. The van der Waals surface area contributed by atoms with Gasteiger partial charge in [0.05, 0.1) is 10.5 Å². The zero-order chi connectivity index (χ0) is 10.1. The summed E-state index contributed by atoms with van der Waals surface area (Å²) in [5.74, 6) is -1.11. The van der Waals surface area contributed by atoms with Crippen molar-refractivity contribution in [2.24, 2.45) is 0 Å². The van der Waals surface area contributed by atoms with E-state index in [1.54, 1.807) is 0 Å². The second kappa shape index (κ2) is 3.35. The Morgan fingerprint density at radius 2 is 1.54 bits per heavy atom. The summed E-state index contributed by atoms with van der Waals surface area (Å²) in [6.07, 6.45) is 0. The number of carbonyl (C=O) groups is 1. The van der Waals surface area contributed by atoms with Gasteiger partial charge < -0.3 is 18.8 Å². The van der Waals surface area contributed by atoms with Gasteiger partial charge in [-0.1, -0.05) is 0 Å². The quantitative estimate of drug-likeness (QED) is 0.590. The van der Waals surface area contributed by atoms with Crippen molar-refractivity contribution in [1.29, 1.82) is 0 Å². The van der Waals surface area contributed by atoms with Crippen LogP contribution in [0, 0.1) is 0 Å². The van der Waals surface area contributed by atoms with Crippen molar-refractivity contribution in [3.63, 3.8) is 0 Å². The third-order valence-electron chi connectivity index (χ3n) is 1.42. The van der Waals surface area contributed by atoms with Crippen molar-refractivity contribution in [1.82, 2.24) is 0 Å². The molecule has 6 heteroatoms. The van der Waals surface area contributed by atoms with Gasteiger partial charge in [-0.3, -0.25) is 0 Å². The van der Waals surface area contributed by atoms with E-state index in [2.05, 4.69) is 0 Å². The number of hydrogen-bond acceptors (Lipinski definition) is 4. The Kier molecular flexibility index (Phi) is 2.58. The van der Waals surface area contributed by atoms with Crippen LogP contribution in [0.25, 0.3) is 0 Å². The summed E-state index contributed by atoms with van der Waals surface area (Å²) in [7, 11) is -3.74. The molecule has 0 aliphatic carbocycles. The van der Waals surface area contributed by atoms with Crippen LogP contribution in [-0.4, -0.2) is 24.7 Å². The zero-order valence-electron chi connectivity index (χ0n) is 6.41. The molecular weight excluding hydrogens is 196 g/mol. The van der Waals surface area contributed by atoms with Crippen LogP contribution in [0.5, 0.6) is 0 Å². The van der Waals surface area contributed by atoms with Gasteiger partial charge in [0.25, 0.3) is 0 Å². The minimum atomic E-state index is -3.74. The van der Waals surface area contributed by atoms with Crippen LogP contribution in [0.2, 0.25) is 0 Å². The maximum absolute atomic E-state index is 10.4. The lowest BCUT2D eigenvalue weighted by atomic mass is 10.2. The predicted molar refractivity (Wildman–Crippen MR) is 47.1 cm³/mol. The topological polar surface area (TPSA) is 98.0 Å². The highest BCUT2D eigenvalue weighted by Crippen LogP contribution is 2.43. The van der Waals surface area contributed by atoms with E-state index < -0.39 is 16.8 Å². The lowest BCUT2D eigenvalue weighted by Gasteiger charge is -2.18. The number of hydrogen-bond donors (Lipinski definition) is 4. The molecule has 0 atom stereocenters. The summed E-state index contributed by atoms with van der Waals surface area (Å²) in [4.78, 5) is 10.3. The molecule has 72 valence electrons. The fourth-order valence-corrected chi connectivity index (χ4v) is 1.28. The molecule has 0 radical (unpaired) electrons. The van der Waals surface area contributed by atoms with Gasteiger partial charge in [0.1, 0.15) is 10.9 Å². The molecule has 0 heterocycles. The van der Waals surface area contributed by atoms with Gasteiger partial charge in [-0.05, 0) is 24.3 Å². The minimum absolute atomic E-state index is 0.0207. The van der Waals surface area contributed by atoms with E-state index in [9.17, 15) is 4.79 Å². The van der Waals surface area contributed by atoms with Crippen molar-refractivity contribution in [2.75, 3.05) is 0 Å². The predicted octanol–water partition coefficient (Wildman–Crippen LogP) is 1.97. The number of benzene rings is 1. The molecule has 0 aliphatic rings. The second-order valence-corrected chi connectivity index (χ2v) is 3.86. The van der Waals surface area contributed by atoms with Crippen LogP contribution in [0.3, 0.4) is 0 Å². The fourth-order valence-electron chi connectivity index (χ4n) is 0.780. The lowest BCUT2D eigenvalue weighted by Crippen LogP contribution is -1.99.